The highest BCUT2D eigenvalue weighted by molar-refractivity contribution is 14.1. The van der Waals surface area contributed by atoms with E-state index >= 15 is 0 Å². The summed E-state index contributed by atoms with van der Waals surface area (Å²) < 4.78 is 3.96. The van der Waals surface area contributed by atoms with Crippen molar-refractivity contribution in [1.82, 2.24) is 0 Å². The molecule has 0 heterocycles. The zero-order chi connectivity index (χ0) is 20.1. The van der Waals surface area contributed by atoms with E-state index in [0.29, 0.717) is 0 Å². The molecule has 1 aliphatic rings. The van der Waals surface area contributed by atoms with Crippen molar-refractivity contribution in [2.75, 3.05) is 0 Å². The van der Waals surface area contributed by atoms with Gasteiger partial charge in [-0.2, -0.15) is 0 Å². The Balaban J connectivity index is 1.69. The highest BCUT2D eigenvalue weighted by atomic mass is 127. The first-order valence-electron chi connectivity index (χ1n) is 9.73. The summed E-state index contributed by atoms with van der Waals surface area (Å²) in [5.41, 5.74) is 5.51. The first-order chi connectivity index (χ1) is 13.4. The maximum absolute atomic E-state index is 2.42. The van der Waals surface area contributed by atoms with Crippen LogP contribution in [0.4, 0.5) is 0 Å². The van der Waals surface area contributed by atoms with Crippen LogP contribution in [0.2, 0.25) is 0 Å². The molecule has 0 saturated carbocycles. The van der Waals surface area contributed by atoms with Crippen LogP contribution in [-0.2, 0) is 11.8 Å². The molecule has 146 valence electrons. The molecule has 0 aliphatic heterocycles. The number of hydrogen-bond donors (Lipinski definition) is 0. The summed E-state index contributed by atoms with van der Waals surface area (Å²) in [7, 11) is 0. The minimum atomic E-state index is 0.0915. The quantitative estimate of drug-likeness (QED) is 0.209. The third-order valence-corrected chi connectivity index (χ3v) is 10.2. The van der Waals surface area contributed by atoms with Gasteiger partial charge < -0.3 is 0 Å². The van der Waals surface area contributed by atoms with Gasteiger partial charge in [0.05, 0.1) is 0 Å². The lowest BCUT2D eigenvalue weighted by Crippen LogP contribution is -2.20. The molecular weight excluding hydrogens is 681 g/mol. The van der Waals surface area contributed by atoms with Crippen LogP contribution in [0.1, 0.15) is 49.8 Å². The fourth-order valence-electron chi connectivity index (χ4n) is 3.38. The van der Waals surface area contributed by atoms with Crippen molar-refractivity contribution in [3.05, 3.63) is 93.7 Å². The second-order valence-corrected chi connectivity index (χ2v) is 11.0. The van der Waals surface area contributed by atoms with E-state index in [0.717, 1.165) is 6.42 Å². The number of unbranched alkanes of at least 4 members (excludes halogenated alkanes) is 1. The summed E-state index contributed by atoms with van der Waals surface area (Å²) in [6.07, 6.45) is 16.2. The number of halogens is 3. The molecule has 0 nitrogen and oxygen atoms in total. The van der Waals surface area contributed by atoms with Crippen molar-refractivity contribution in [3.63, 3.8) is 0 Å². The molecule has 0 amide bonds. The molecule has 0 radical (unpaired) electrons. The van der Waals surface area contributed by atoms with Gasteiger partial charge in [-0.1, -0.05) is 74.9 Å². The Morgan fingerprint density at radius 3 is 2.25 bits per heavy atom. The zero-order valence-corrected chi connectivity index (χ0v) is 22.8. The number of allylic oxidation sites excluding steroid dienone is 5. The molecule has 0 fully saturated rings. The summed E-state index contributed by atoms with van der Waals surface area (Å²) in [4.78, 5) is 0. The SMILES string of the molecule is CCCCc1ccc(C2(C)C=CC(/C=C/c3cc(I)c(I)c(I)c3)=CC2)cc1. The van der Waals surface area contributed by atoms with E-state index in [4.69, 9.17) is 0 Å². The molecule has 0 saturated heterocycles. The highest BCUT2D eigenvalue weighted by Gasteiger charge is 2.24. The lowest BCUT2D eigenvalue weighted by atomic mass is 9.76. The van der Waals surface area contributed by atoms with Gasteiger partial charge in [-0.15, -0.1) is 0 Å². The second-order valence-electron chi connectivity index (χ2n) is 7.59. The minimum Gasteiger partial charge on any atom is -0.0761 e. The largest absolute Gasteiger partial charge is 0.0761 e. The van der Waals surface area contributed by atoms with Gasteiger partial charge in [-0.05, 0) is 121 Å². The van der Waals surface area contributed by atoms with Crippen LogP contribution >= 0.6 is 67.8 Å². The summed E-state index contributed by atoms with van der Waals surface area (Å²) in [5, 5.41) is 0. The van der Waals surface area contributed by atoms with E-state index < -0.39 is 0 Å². The molecule has 0 aromatic heterocycles. The standard InChI is InChI=1S/C25H25I3/c1-3-4-5-18-8-10-21(11-9-18)25(2)14-12-19(13-15-25)6-7-20-16-22(26)24(28)23(27)17-20/h6-14,16-17H,3-5,15H2,1-2H3/b7-6+. The fraction of sp³-hybridized carbons (Fsp3) is 0.280. The average Bonchev–Trinajstić information content (AvgIpc) is 2.70. The predicted octanol–water partition coefficient (Wildman–Crippen LogP) is 8.70. The van der Waals surface area contributed by atoms with Crippen LogP contribution in [0.3, 0.4) is 0 Å². The van der Waals surface area contributed by atoms with Gasteiger partial charge in [0, 0.05) is 16.1 Å². The van der Waals surface area contributed by atoms with Crippen molar-refractivity contribution < 1.29 is 0 Å². The summed E-state index contributed by atoms with van der Waals surface area (Å²) in [6.45, 7) is 4.59. The smallest absolute Gasteiger partial charge is 0.0397 e. The summed E-state index contributed by atoms with van der Waals surface area (Å²) in [5.74, 6) is 0. The number of hydrogen-bond acceptors (Lipinski definition) is 0. The second kappa shape index (κ2) is 10.2. The van der Waals surface area contributed by atoms with Gasteiger partial charge >= 0.3 is 0 Å². The lowest BCUT2D eigenvalue weighted by Gasteiger charge is -2.28. The maximum Gasteiger partial charge on any atom is 0.0397 e. The van der Waals surface area contributed by atoms with Gasteiger partial charge in [0.1, 0.15) is 0 Å². The van der Waals surface area contributed by atoms with E-state index in [1.165, 1.54) is 52.2 Å². The molecule has 0 bridgehead atoms. The summed E-state index contributed by atoms with van der Waals surface area (Å²) >= 11 is 7.24. The van der Waals surface area contributed by atoms with E-state index in [2.05, 4.69) is 148 Å². The Hall–Kier alpha value is -0.150. The Labute approximate surface area is 210 Å². The number of benzene rings is 2. The first kappa shape index (κ1) is 22.5. The molecule has 0 spiro atoms. The van der Waals surface area contributed by atoms with Crippen LogP contribution in [0, 0.1) is 10.7 Å². The van der Waals surface area contributed by atoms with Crippen molar-refractivity contribution in [2.24, 2.45) is 0 Å². The Morgan fingerprint density at radius 1 is 1.00 bits per heavy atom. The first-order valence-corrected chi connectivity index (χ1v) is 13.0. The minimum absolute atomic E-state index is 0.0915. The lowest BCUT2D eigenvalue weighted by molar-refractivity contribution is 0.597. The normalized spacial score (nSPS) is 19.2. The molecule has 1 unspecified atom stereocenters. The van der Waals surface area contributed by atoms with Gasteiger partial charge in [0.2, 0.25) is 0 Å². The van der Waals surface area contributed by atoms with Gasteiger partial charge in [0.25, 0.3) is 0 Å². The van der Waals surface area contributed by atoms with E-state index in [-0.39, 0.29) is 5.41 Å². The molecule has 1 aliphatic carbocycles. The van der Waals surface area contributed by atoms with Crippen molar-refractivity contribution >= 4 is 73.8 Å². The molecule has 2 aromatic rings. The highest BCUT2D eigenvalue weighted by Crippen LogP contribution is 2.34. The fourth-order valence-corrected chi connectivity index (χ4v) is 5.51. The topological polar surface area (TPSA) is 0 Å². The van der Waals surface area contributed by atoms with E-state index in [1.54, 1.807) is 0 Å². The molecule has 0 N–H and O–H groups in total. The third kappa shape index (κ3) is 5.72. The van der Waals surface area contributed by atoms with Gasteiger partial charge in [0.15, 0.2) is 0 Å². The maximum atomic E-state index is 2.42. The Morgan fingerprint density at radius 2 is 1.68 bits per heavy atom. The summed E-state index contributed by atoms with van der Waals surface area (Å²) in [6, 6.07) is 13.8. The van der Waals surface area contributed by atoms with Crippen LogP contribution in [-0.4, -0.2) is 0 Å². The van der Waals surface area contributed by atoms with Crippen molar-refractivity contribution in [3.8, 4) is 0 Å². The molecular formula is C25H25I3. The molecule has 28 heavy (non-hydrogen) atoms. The van der Waals surface area contributed by atoms with Crippen LogP contribution in [0.15, 0.2) is 66.3 Å². The van der Waals surface area contributed by atoms with Crippen molar-refractivity contribution in [1.29, 1.82) is 0 Å². The van der Waals surface area contributed by atoms with Crippen LogP contribution in [0.5, 0.6) is 0 Å². The average molecular weight is 706 g/mol. The van der Waals surface area contributed by atoms with Gasteiger partial charge in [-0.3, -0.25) is 0 Å². The van der Waals surface area contributed by atoms with Crippen molar-refractivity contribution in [2.45, 2.75) is 44.9 Å². The van der Waals surface area contributed by atoms with Crippen LogP contribution < -0.4 is 0 Å². The predicted molar refractivity (Wildman–Crippen MR) is 148 cm³/mol. The van der Waals surface area contributed by atoms with Gasteiger partial charge in [-0.25, -0.2) is 0 Å². The number of aryl methyl sites for hydroxylation is 1. The van der Waals surface area contributed by atoms with Crippen LogP contribution in [0.25, 0.3) is 6.08 Å². The molecule has 1 atom stereocenters. The molecule has 3 heteroatoms. The Kier molecular flexibility index (Phi) is 8.24. The molecule has 3 rings (SSSR count). The monoisotopic (exact) mass is 706 g/mol. The molecule has 2 aromatic carbocycles. The number of rotatable bonds is 6. The zero-order valence-electron chi connectivity index (χ0n) is 16.3. The Bertz CT molecular complexity index is 896. The third-order valence-electron chi connectivity index (χ3n) is 5.31. The van der Waals surface area contributed by atoms with E-state index in [1.807, 2.05) is 0 Å². The van der Waals surface area contributed by atoms with E-state index in [9.17, 15) is 0 Å².